The van der Waals surface area contributed by atoms with Gasteiger partial charge in [-0.05, 0) is 26.2 Å². The summed E-state index contributed by atoms with van der Waals surface area (Å²) in [5.74, 6) is 0. The summed E-state index contributed by atoms with van der Waals surface area (Å²) in [6.07, 6.45) is 10.7. The molecule has 0 aliphatic carbocycles. The van der Waals surface area contributed by atoms with E-state index in [1.54, 1.807) is 0 Å². The third kappa shape index (κ3) is 15.5. The van der Waals surface area contributed by atoms with Gasteiger partial charge in [-0.1, -0.05) is 58.3 Å². The van der Waals surface area contributed by atoms with Gasteiger partial charge in [0.15, 0.2) is 0 Å². The normalized spacial score (nSPS) is 14.5. The number of hydrogen-bond donors (Lipinski definition) is 1. The fourth-order valence-corrected chi connectivity index (χ4v) is 2.65. The first-order valence-corrected chi connectivity index (χ1v) is 9.47. The topological polar surface area (TPSA) is 77.4 Å². The van der Waals surface area contributed by atoms with Crippen molar-refractivity contribution in [1.82, 2.24) is 0 Å². The number of rotatable bonds is 13. The zero-order chi connectivity index (χ0) is 15.4. The summed E-state index contributed by atoms with van der Waals surface area (Å²) in [7, 11) is -4.20. The van der Waals surface area contributed by atoms with Gasteiger partial charge in [-0.25, -0.2) is 8.42 Å². The van der Waals surface area contributed by atoms with Gasteiger partial charge in [-0.2, -0.15) is 0 Å². The molecule has 0 radical (unpaired) electrons. The van der Waals surface area contributed by atoms with E-state index in [1.165, 1.54) is 45.4 Å². The summed E-state index contributed by atoms with van der Waals surface area (Å²) in [5, 5.41) is 8.85. The molecule has 2 unspecified atom stereocenters. The zero-order valence-electron chi connectivity index (χ0n) is 14.0. The maximum absolute atomic E-state index is 10.7. The van der Waals surface area contributed by atoms with Crippen LogP contribution in [0.5, 0.6) is 0 Å². The van der Waals surface area contributed by atoms with Crippen molar-refractivity contribution in [3.05, 3.63) is 0 Å². The Bertz CT molecular complexity index is 320. The number of aliphatic hydroxyl groups excluding tert-OH is 1. The van der Waals surface area contributed by atoms with E-state index in [0.717, 1.165) is 12.8 Å². The molecule has 1 N–H and O–H groups in total. The Morgan fingerprint density at radius 2 is 1.38 bits per heavy atom. The molecule has 122 valence electrons. The molecular weight excluding hydrogens is 299 g/mol. The summed E-state index contributed by atoms with van der Waals surface area (Å²) in [5.41, 5.74) is 0. The zero-order valence-corrected chi connectivity index (χ0v) is 16.8. The van der Waals surface area contributed by atoms with E-state index in [1.807, 2.05) is 0 Å². The van der Waals surface area contributed by atoms with Crippen LogP contribution in [-0.2, 0) is 10.1 Å². The predicted molar refractivity (Wildman–Crippen MR) is 81.6 cm³/mol. The minimum absolute atomic E-state index is 0. The summed E-state index contributed by atoms with van der Waals surface area (Å²) >= 11 is 0. The Balaban J connectivity index is 0. The van der Waals surface area contributed by atoms with E-state index >= 15 is 0 Å². The first-order chi connectivity index (χ1) is 9.38. The number of aliphatic hydroxyl groups is 1. The average Bonchev–Trinajstić information content (AvgIpc) is 2.37. The average molecular weight is 330 g/mol. The van der Waals surface area contributed by atoms with Gasteiger partial charge in [-0.3, -0.25) is 0 Å². The van der Waals surface area contributed by atoms with Gasteiger partial charge < -0.3 is 9.66 Å². The van der Waals surface area contributed by atoms with Crippen molar-refractivity contribution < 1.29 is 47.6 Å². The Morgan fingerprint density at radius 3 is 1.86 bits per heavy atom. The van der Waals surface area contributed by atoms with Gasteiger partial charge in [0.05, 0.1) is 16.2 Å². The van der Waals surface area contributed by atoms with Crippen LogP contribution in [0.15, 0.2) is 0 Å². The standard InChI is InChI=1S/C15H32O4S.Na/c1-3-4-5-6-7-8-9-10-11-15(16)13-12-14(2)20(17,18)19;/h14-16H,3-13H2,1-2H3,(H,17,18,19);/q;+1/p-1. The van der Waals surface area contributed by atoms with Gasteiger partial charge in [-0.15, -0.1) is 0 Å². The van der Waals surface area contributed by atoms with Gasteiger partial charge in [0, 0.05) is 5.25 Å². The molecule has 0 heterocycles. The molecule has 0 saturated carbocycles. The van der Waals surface area contributed by atoms with Crippen LogP contribution in [0.4, 0.5) is 0 Å². The molecule has 0 aliphatic rings. The number of unbranched alkanes of at least 4 members (excludes halogenated alkanes) is 7. The van der Waals surface area contributed by atoms with Gasteiger partial charge in [0.1, 0.15) is 0 Å². The van der Waals surface area contributed by atoms with Crippen LogP contribution in [0.2, 0.25) is 0 Å². The molecule has 0 aromatic carbocycles. The largest absolute Gasteiger partial charge is 1.00 e. The van der Waals surface area contributed by atoms with E-state index in [-0.39, 0.29) is 36.0 Å². The van der Waals surface area contributed by atoms with Gasteiger partial charge in [0.25, 0.3) is 0 Å². The fraction of sp³-hybridized carbons (Fsp3) is 1.00. The van der Waals surface area contributed by atoms with E-state index < -0.39 is 21.5 Å². The Hall–Kier alpha value is 0.870. The van der Waals surface area contributed by atoms with Crippen molar-refractivity contribution in [2.75, 3.05) is 0 Å². The van der Waals surface area contributed by atoms with Crippen molar-refractivity contribution in [2.45, 2.75) is 95.8 Å². The maximum atomic E-state index is 10.7. The third-order valence-corrected chi connectivity index (χ3v) is 5.01. The molecular formula is C15H31NaO4S. The molecule has 0 aromatic heterocycles. The van der Waals surface area contributed by atoms with E-state index in [2.05, 4.69) is 6.92 Å². The minimum Gasteiger partial charge on any atom is -0.748 e. The Labute approximate surface area is 153 Å². The second-order valence-corrected chi connectivity index (χ2v) is 7.59. The summed E-state index contributed by atoms with van der Waals surface area (Å²) < 4.78 is 32.1. The predicted octanol–water partition coefficient (Wildman–Crippen LogP) is 0.596. The quantitative estimate of drug-likeness (QED) is 0.305. The monoisotopic (exact) mass is 330 g/mol. The van der Waals surface area contributed by atoms with Crippen molar-refractivity contribution in [3.8, 4) is 0 Å². The molecule has 6 heteroatoms. The third-order valence-electron chi connectivity index (χ3n) is 3.79. The van der Waals surface area contributed by atoms with E-state index in [9.17, 15) is 18.1 Å². The van der Waals surface area contributed by atoms with E-state index in [4.69, 9.17) is 0 Å². The van der Waals surface area contributed by atoms with Crippen LogP contribution in [0.25, 0.3) is 0 Å². The molecule has 4 nitrogen and oxygen atoms in total. The fourth-order valence-electron chi connectivity index (χ4n) is 2.23. The van der Waals surface area contributed by atoms with Crippen LogP contribution in [-0.4, -0.2) is 29.4 Å². The minimum atomic E-state index is -4.20. The first kappa shape index (κ1) is 24.1. The van der Waals surface area contributed by atoms with Crippen LogP contribution in [0, 0.1) is 0 Å². The van der Waals surface area contributed by atoms with Crippen molar-refractivity contribution in [3.63, 3.8) is 0 Å². The number of hydrogen-bond acceptors (Lipinski definition) is 4. The smallest absolute Gasteiger partial charge is 0.748 e. The molecule has 0 bridgehead atoms. The molecule has 21 heavy (non-hydrogen) atoms. The van der Waals surface area contributed by atoms with Gasteiger partial charge in [0.2, 0.25) is 0 Å². The first-order valence-electron chi connectivity index (χ1n) is 8.00. The SMILES string of the molecule is CCCCCCCCCCC(O)CCC(C)S(=O)(=O)[O-].[Na+]. The molecule has 0 spiro atoms. The summed E-state index contributed by atoms with van der Waals surface area (Å²) in [4.78, 5) is 0. The van der Waals surface area contributed by atoms with Crippen molar-refractivity contribution >= 4 is 10.1 Å². The van der Waals surface area contributed by atoms with Crippen molar-refractivity contribution in [2.24, 2.45) is 0 Å². The van der Waals surface area contributed by atoms with Crippen LogP contribution in [0.3, 0.4) is 0 Å². The van der Waals surface area contributed by atoms with Crippen molar-refractivity contribution in [1.29, 1.82) is 0 Å². The molecule has 0 aliphatic heterocycles. The second-order valence-electron chi connectivity index (χ2n) is 5.80. The Morgan fingerprint density at radius 1 is 0.905 bits per heavy atom. The van der Waals surface area contributed by atoms with Gasteiger partial charge >= 0.3 is 29.6 Å². The van der Waals surface area contributed by atoms with Crippen LogP contribution < -0.4 is 29.6 Å². The van der Waals surface area contributed by atoms with Crippen LogP contribution in [0.1, 0.15) is 84.5 Å². The Kier molecular flexibility index (Phi) is 16.6. The molecule has 0 amide bonds. The molecule has 0 rings (SSSR count). The van der Waals surface area contributed by atoms with E-state index in [0.29, 0.717) is 12.8 Å². The molecule has 0 aromatic rings. The summed E-state index contributed by atoms with van der Waals surface area (Å²) in [6.45, 7) is 3.62. The van der Waals surface area contributed by atoms with Crippen LogP contribution >= 0.6 is 0 Å². The second kappa shape index (κ2) is 14.5. The maximum Gasteiger partial charge on any atom is 1.00 e. The molecule has 2 atom stereocenters. The molecule has 0 saturated heterocycles. The summed E-state index contributed by atoms with van der Waals surface area (Å²) in [6, 6.07) is 0. The molecule has 0 fully saturated rings.